The molecule has 0 amide bonds. The van der Waals surface area contributed by atoms with Crippen molar-refractivity contribution in [3.8, 4) is 0 Å². The van der Waals surface area contributed by atoms with Crippen molar-refractivity contribution in [1.82, 2.24) is 0 Å². The summed E-state index contributed by atoms with van der Waals surface area (Å²) in [5.41, 5.74) is 2.23. The average molecular weight is 178 g/mol. The van der Waals surface area contributed by atoms with Gasteiger partial charge in [0.1, 0.15) is 6.29 Å². The van der Waals surface area contributed by atoms with E-state index in [9.17, 15) is 4.79 Å². The Kier molecular flexibility index (Phi) is 3.47. The highest BCUT2D eigenvalue weighted by molar-refractivity contribution is 5.72. The quantitative estimate of drug-likeness (QED) is 0.368. The SMILES string of the molecule is C=C(C=O)C(C)C1CC=C(C)CC1. The zero-order chi connectivity index (χ0) is 9.84. The van der Waals surface area contributed by atoms with Crippen LogP contribution in [0.2, 0.25) is 0 Å². The number of aldehydes is 1. The zero-order valence-corrected chi connectivity index (χ0v) is 8.55. The molecule has 2 unspecified atom stereocenters. The molecule has 72 valence electrons. The largest absolute Gasteiger partial charge is 0.298 e. The molecule has 1 nitrogen and oxygen atoms in total. The lowest BCUT2D eigenvalue weighted by atomic mass is 9.79. The summed E-state index contributed by atoms with van der Waals surface area (Å²) >= 11 is 0. The van der Waals surface area contributed by atoms with Crippen molar-refractivity contribution >= 4 is 6.29 Å². The molecule has 0 fully saturated rings. The van der Waals surface area contributed by atoms with Crippen LogP contribution in [0.3, 0.4) is 0 Å². The molecule has 0 aromatic carbocycles. The second kappa shape index (κ2) is 4.40. The average Bonchev–Trinajstić information content (AvgIpc) is 2.17. The molecule has 0 aromatic heterocycles. The monoisotopic (exact) mass is 178 g/mol. The Labute approximate surface area is 80.5 Å². The van der Waals surface area contributed by atoms with Crippen LogP contribution in [0.1, 0.15) is 33.1 Å². The Bertz CT molecular complexity index is 238. The van der Waals surface area contributed by atoms with Gasteiger partial charge < -0.3 is 0 Å². The van der Waals surface area contributed by atoms with E-state index in [0.717, 1.165) is 18.3 Å². The van der Waals surface area contributed by atoms with Crippen LogP contribution < -0.4 is 0 Å². The first-order valence-electron chi connectivity index (χ1n) is 4.94. The van der Waals surface area contributed by atoms with Crippen LogP contribution in [-0.4, -0.2) is 6.29 Å². The molecule has 0 heterocycles. The lowest BCUT2D eigenvalue weighted by Crippen LogP contribution is -2.16. The fraction of sp³-hybridized carbons (Fsp3) is 0.583. The third-order valence-corrected chi connectivity index (χ3v) is 3.12. The Morgan fingerprint density at radius 2 is 2.46 bits per heavy atom. The van der Waals surface area contributed by atoms with E-state index >= 15 is 0 Å². The predicted octanol–water partition coefficient (Wildman–Crippen LogP) is 3.12. The fourth-order valence-electron chi connectivity index (χ4n) is 1.85. The Balaban J connectivity index is 2.54. The summed E-state index contributed by atoms with van der Waals surface area (Å²) in [4.78, 5) is 10.5. The molecule has 1 aliphatic rings. The first kappa shape index (κ1) is 10.2. The number of carbonyl (C=O) groups excluding carboxylic acids is 1. The van der Waals surface area contributed by atoms with E-state index in [1.807, 2.05) is 0 Å². The molecule has 1 rings (SSSR count). The van der Waals surface area contributed by atoms with E-state index in [4.69, 9.17) is 0 Å². The topological polar surface area (TPSA) is 17.1 Å². The molecule has 0 radical (unpaired) electrons. The van der Waals surface area contributed by atoms with Crippen molar-refractivity contribution < 1.29 is 4.79 Å². The third kappa shape index (κ3) is 2.55. The molecule has 1 aliphatic carbocycles. The number of hydrogen-bond donors (Lipinski definition) is 0. The van der Waals surface area contributed by atoms with Gasteiger partial charge in [-0.05, 0) is 43.6 Å². The lowest BCUT2D eigenvalue weighted by molar-refractivity contribution is -0.105. The second-order valence-electron chi connectivity index (χ2n) is 4.07. The van der Waals surface area contributed by atoms with Gasteiger partial charge in [-0.25, -0.2) is 0 Å². The third-order valence-electron chi connectivity index (χ3n) is 3.12. The highest BCUT2D eigenvalue weighted by Gasteiger charge is 2.20. The molecule has 0 spiro atoms. The first-order valence-corrected chi connectivity index (χ1v) is 4.94. The molecule has 1 heteroatoms. The molecule has 0 aromatic rings. The van der Waals surface area contributed by atoms with Gasteiger partial charge in [-0.3, -0.25) is 4.79 Å². The van der Waals surface area contributed by atoms with Crippen molar-refractivity contribution in [2.75, 3.05) is 0 Å². The van der Waals surface area contributed by atoms with Crippen molar-refractivity contribution in [3.05, 3.63) is 23.8 Å². The highest BCUT2D eigenvalue weighted by Crippen LogP contribution is 2.31. The van der Waals surface area contributed by atoms with Gasteiger partial charge in [-0.1, -0.05) is 25.2 Å². The van der Waals surface area contributed by atoms with Gasteiger partial charge in [0, 0.05) is 0 Å². The van der Waals surface area contributed by atoms with E-state index in [-0.39, 0.29) is 0 Å². The van der Waals surface area contributed by atoms with Crippen LogP contribution in [-0.2, 0) is 4.79 Å². The molecular weight excluding hydrogens is 160 g/mol. The Morgan fingerprint density at radius 3 is 2.92 bits per heavy atom. The summed E-state index contributed by atoms with van der Waals surface area (Å²) in [7, 11) is 0. The van der Waals surface area contributed by atoms with Crippen LogP contribution in [0.15, 0.2) is 23.8 Å². The van der Waals surface area contributed by atoms with Crippen LogP contribution in [0.4, 0.5) is 0 Å². The van der Waals surface area contributed by atoms with Crippen molar-refractivity contribution in [2.24, 2.45) is 11.8 Å². The molecule has 0 aliphatic heterocycles. The summed E-state index contributed by atoms with van der Waals surface area (Å²) in [6.07, 6.45) is 6.69. The number of rotatable bonds is 3. The maximum Gasteiger partial charge on any atom is 0.145 e. The molecule has 0 saturated heterocycles. The Morgan fingerprint density at radius 1 is 1.77 bits per heavy atom. The van der Waals surface area contributed by atoms with E-state index in [0.29, 0.717) is 11.8 Å². The summed E-state index contributed by atoms with van der Waals surface area (Å²) in [5, 5.41) is 0. The van der Waals surface area contributed by atoms with Crippen LogP contribution in [0, 0.1) is 11.8 Å². The number of carbonyl (C=O) groups is 1. The smallest absolute Gasteiger partial charge is 0.145 e. The molecule has 0 N–H and O–H groups in total. The predicted molar refractivity (Wildman–Crippen MR) is 55.5 cm³/mol. The van der Waals surface area contributed by atoms with Crippen molar-refractivity contribution in [2.45, 2.75) is 33.1 Å². The van der Waals surface area contributed by atoms with Crippen molar-refractivity contribution in [3.63, 3.8) is 0 Å². The minimum atomic E-state index is 0.349. The van der Waals surface area contributed by atoms with E-state index < -0.39 is 0 Å². The molecule has 13 heavy (non-hydrogen) atoms. The summed E-state index contributed by atoms with van der Waals surface area (Å²) in [6.45, 7) is 8.06. The number of hydrogen-bond acceptors (Lipinski definition) is 1. The standard InChI is InChI=1S/C12H18O/c1-9-4-6-12(7-5-9)11(3)10(2)8-13/h4,8,11-12H,2,5-7H2,1,3H3. The second-order valence-corrected chi connectivity index (χ2v) is 4.07. The highest BCUT2D eigenvalue weighted by atomic mass is 16.1. The Hall–Kier alpha value is -0.850. The van der Waals surface area contributed by atoms with Gasteiger partial charge >= 0.3 is 0 Å². The first-order chi connectivity index (χ1) is 6.15. The van der Waals surface area contributed by atoms with Gasteiger partial charge in [0.2, 0.25) is 0 Å². The normalized spacial score (nSPS) is 24.8. The van der Waals surface area contributed by atoms with Crippen LogP contribution in [0.5, 0.6) is 0 Å². The van der Waals surface area contributed by atoms with Gasteiger partial charge in [0.05, 0.1) is 0 Å². The van der Waals surface area contributed by atoms with Crippen molar-refractivity contribution in [1.29, 1.82) is 0 Å². The van der Waals surface area contributed by atoms with Gasteiger partial charge in [-0.2, -0.15) is 0 Å². The minimum absolute atomic E-state index is 0.349. The summed E-state index contributed by atoms with van der Waals surface area (Å²) in [6, 6.07) is 0. The van der Waals surface area contributed by atoms with E-state index in [1.54, 1.807) is 0 Å². The summed E-state index contributed by atoms with van der Waals surface area (Å²) < 4.78 is 0. The van der Waals surface area contributed by atoms with Crippen LogP contribution in [0.25, 0.3) is 0 Å². The van der Waals surface area contributed by atoms with Gasteiger partial charge in [0.15, 0.2) is 0 Å². The summed E-state index contributed by atoms with van der Waals surface area (Å²) in [5.74, 6) is 0.975. The van der Waals surface area contributed by atoms with E-state index in [1.165, 1.54) is 18.4 Å². The molecule has 0 saturated carbocycles. The van der Waals surface area contributed by atoms with Crippen LogP contribution >= 0.6 is 0 Å². The zero-order valence-electron chi connectivity index (χ0n) is 8.55. The number of allylic oxidation sites excluding steroid dienone is 3. The maximum absolute atomic E-state index is 10.5. The molecular formula is C12H18O. The van der Waals surface area contributed by atoms with Gasteiger partial charge in [-0.15, -0.1) is 0 Å². The van der Waals surface area contributed by atoms with E-state index in [2.05, 4.69) is 26.5 Å². The molecule has 0 bridgehead atoms. The maximum atomic E-state index is 10.5. The molecule has 2 atom stereocenters. The van der Waals surface area contributed by atoms with Gasteiger partial charge in [0.25, 0.3) is 0 Å². The fourth-order valence-corrected chi connectivity index (χ4v) is 1.85. The minimum Gasteiger partial charge on any atom is -0.298 e. The lowest BCUT2D eigenvalue weighted by Gasteiger charge is -2.26.